The Bertz CT molecular complexity index is 864. The van der Waals surface area contributed by atoms with Crippen molar-refractivity contribution in [3.05, 3.63) is 60.4 Å². The van der Waals surface area contributed by atoms with Crippen LogP contribution in [0, 0.1) is 5.82 Å². The maximum atomic E-state index is 13.9. The van der Waals surface area contributed by atoms with Crippen LogP contribution in [0.15, 0.2) is 49.1 Å². The molecular weight excluding hydrogens is 319 g/mol. The first-order valence-corrected chi connectivity index (χ1v) is 8.51. The number of nitrogens with zero attached hydrogens (tertiary/aromatic N) is 4. The van der Waals surface area contributed by atoms with Gasteiger partial charge < -0.3 is 13.9 Å². The first kappa shape index (κ1) is 16.0. The molecule has 130 valence electrons. The average Bonchev–Trinajstić information content (AvgIpc) is 3.24. The van der Waals surface area contributed by atoms with Gasteiger partial charge in [0.2, 0.25) is 0 Å². The fourth-order valence-corrected chi connectivity index (χ4v) is 3.67. The van der Waals surface area contributed by atoms with Crippen LogP contribution in [0.5, 0.6) is 0 Å². The molecule has 6 heteroatoms. The summed E-state index contributed by atoms with van der Waals surface area (Å²) >= 11 is 0. The Morgan fingerprint density at radius 1 is 1.12 bits per heavy atom. The largest absolute Gasteiger partial charge is 0.381 e. The highest BCUT2D eigenvalue weighted by atomic mass is 19.1. The van der Waals surface area contributed by atoms with Gasteiger partial charge in [0.1, 0.15) is 5.82 Å². The van der Waals surface area contributed by atoms with Crippen LogP contribution < -0.4 is 0 Å². The molecule has 1 fully saturated rings. The van der Waals surface area contributed by atoms with Crippen molar-refractivity contribution >= 4 is 0 Å². The Labute approximate surface area is 146 Å². The number of hydrogen-bond acceptors (Lipinski definition) is 3. The van der Waals surface area contributed by atoms with Crippen molar-refractivity contribution in [1.82, 2.24) is 19.1 Å². The molecule has 0 radical (unpaired) electrons. The van der Waals surface area contributed by atoms with Gasteiger partial charge >= 0.3 is 0 Å². The number of aryl methyl sites for hydroxylation is 1. The van der Waals surface area contributed by atoms with Crippen LogP contribution in [0.25, 0.3) is 11.6 Å². The van der Waals surface area contributed by atoms with Gasteiger partial charge in [-0.25, -0.2) is 14.4 Å². The summed E-state index contributed by atoms with van der Waals surface area (Å²) in [5.41, 5.74) is 0.858. The number of imidazole rings is 2. The Morgan fingerprint density at radius 2 is 1.88 bits per heavy atom. The monoisotopic (exact) mass is 340 g/mol. The van der Waals surface area contributed by atoms with Crippen molar-refractivity contribution in [3.63, 3.8) is 0 Å². The molecule has 25 heavy (non-hydrogen) atoms. The highest BCUT2D eigenvalue weighted by molar-refractivity contribution is 5.45. The van der Waals surface area contributed by atoms with E-state index in [4.69, 9.17) is 4.74 Å². The van der Waals surface area contributed by atoms with Crippen LogP contribution in [0.3, 0.4) is 0 Å². The Hall–Kier alpha value is -2.47. The summed E-state index contributed by atoms with van der Waals surface area (Å²) in [4.78, 5) is 8.92. The topological polar surface area (TPSA) is 44.9 Å². The lowest BCUT2D eigenvalue weighted by molar-refractivity contribution is 0.0435. The van der Waals surface area contributed by atoms with Gasteiger partial charge in [-0.1, -0.05) is 12.1 Å². The summed E-state index contributed by atoms with van der Waals surface area (Å²) in [6.45, 7) is 2.09. The normalized spacial score (nSPS) is 16.9. The molecule has 0 spiro atoms. The second-order valence-electron chi connectivity index (χ2n) is 6.64. The predicted octanol–water partition coefficient (Wildman–Crippen LogP) is 3.17. The highest BCUT2D eigenvalue weighted by Crippen LogP contribution is 2.37. The summed E-state index contributed by atoms with van der Waals surface area (Å²) in [7, 11) is 1.96. The van der Waals surface area contributed by atoms with E-state index in [1.165, 1.54) is 6.07 Å². The van der Waals surface area contributed by atoms with Gasteiger partial charge in [-0.05, 0) is 30.5 Å². The molecule has 3 heterocycles. The zero-order valence-electron chi connectivity index (χ0n) is 14.2. The molecule has 4 rings (SSSR count). The third-order valence-corrected chi connectivity index (χ3v) is 5.10. The highest BCUT2D eigenvalue weighted by Gasteiger charge is 2.36. The van der Waals surface area contributed by atoms with E-state index in [0.29, 0.717) is 13.2 Å². The van der Waals surface area contributed by atoms with E-state index in [1.807, 2.05) is 30.1 Å². The summed E-state index contributed by atoms with van der Waals surface area (Å²) in [6.07, 6.45) is 9.16. The van der Waals surface area contributed by atoms with Gasteiger partial charge in [0, 0.05) is 57.0 Å². The minimum Gasteiger partial charge on any atom is -0.381 e. The molecule has 0 bridgehead atoms. The van der Waals surface area contributed by atoms with E-state index in [0.717, 1.165) is 36.6 Å². The van der Waals surface area contributed by atoms with E-state index < -0.39 is 0 Å². The van der Waals surface area contributed by atoms with Crippen molar-refractivity contribution < 1.29 is 9.13 Å². The molecule has 1 aliphatic heterocycles. The van der Waals surface area contributed by atoms with E-state index in [9.17, 15) is 4.39 Å². The lowest BCUT2D eigenvalue weighted by Gasteiger charge is -2.38. The lowest BCUT2D eigenvalue weighted by Crippen LogP contribution is -2.38. The molecule has 0 N–H and O–H groups in total. The first-order valence-electron chi connectivity index (χ1n) is 8.51. The van der Waals surface area contributed by atoms with Crippen molar-refractivity contribution in [2.24, 2.45) is 7.05 Å². The standard InChI is InChI=1S/C19H21FN4O/c1-23-9-7-21-17(23)18-22-8-10-24(18)14-19(5-11-25-12-6-19)15-3-2-4-16(20)13-15/h2-4,7-10,13H,5-6,11-12,14H2,1H3. The number of benzene rings is 1. The zero-order chi connectivity index (χ0) is 17.3. The van der Waals surface area contributed by atoms with Crippen molar-refractivity contribution in [2.75, 3.05) is 13.2 Å². The van der Waals surface area contributed by atoms with Gasteiger partial charge in [-0.15, -0.1) is 0 Å². The van der Waals surface area contributed by atoms with Crippen molar-refractivity contribution in [1.29, 1.82) is 0 Å². The van der Waals surface area contributed by atoms with Crippen LogP contribution in [-0.2, 0) is 23.7 Å². The molecule has 1 saturated heterocycles. The average molecular weight is 340 g/mol. The van der Waals surface area contributed by atoms with Gasteiger partial charge in [-0.3, -0.25) is 0 Å². The smallest absolute Gasteiger partial charge is 0.176 e. The summed E-state index contributed by atoms with van der Waals surface area (Å²) in [6, 6.07) is 6.96. The third-order valence-electron chi connectivity index (χ3n) is 5.10. The maximum absolute atomic E-state index is 13.9. The minimum atomic E-state index is -0.196. The Morgan fingerprint density at radius 3 is 2.60 bits per heavy atom. The molecule has 0 aliphatic carbocycles. The first-order chi connectivity index (χ1) is 12.2. The van der Waals surface area contributed by atoms with Crippen LogP contribution in [-0.4, -0.2) is 32.3 Å². The molecule has 1 aliphatic rings. The summed E-state index contributed by atoms with van der Waals surface area (Å²) < 4.78 is 23.5. The van der Waals surface area contributed by atoms with Crippen LogP contribution in [0.1, 0.15) is 18.4 Å². The molecule has 2 aromatic heterocycles. The minimum absolute atomic E-state index is 0.166. The predicted molar refractivity (Wildman–Crippen MR) is 92.6 cm³/mol. The quantitative estimate of drug-likeness (QED) is 0.733. The molecule has 0 unspecified atom stereocenters. The van der Waals surface area contributed by atoms with Crippen molar-refractivity contribution in [3.8, 4) is 11.6 Å². The zero-order valence-corrected chi connectivity index (χ0v) is 14.2. The number of halogens is 1. The van der Waals surface area contributed by atoms with E-state index >= 15 is 0 Å². The van der Waals surface area contributed by atoms with E-state index in [-0.39, 0.29) is 11.2 Å². The van der Waals surface area contributed by atoms with E-state index in [2.05, 4.69) is 14.5 Å². The SMILES string of the molecule is Cn1ccnc1-c1nccn1CC1(c2cccc(F)c2)CCOCC1. The van der Waals surface area contributed by atoms with Gasteiger partial charge in [0.25, 0.3) is 0 Å². The van der Waals surface area contributed by atoms with Gasteiger partial charge in [-0.2, -0.15) is 0 Å². The Kier molecular flexibility index (Phi) is 4.13. The molecular formula is C19H21FN4O. The maximum Gasteiger partial charge on any atom is 0.176 e. The van der Waals surface area contributed by atoms with Crippen molar-refractivity contribution in [2.45, 2.75) is 24.8 Å². The van der Waals surface area contributed by atoms with Crippen LogP contribution in [0.2, 0.25) is 0 Å². The van der Waals surface area contributed by atoms with Crippen LogP contribution in [0.4, 0.5) is 4.39 Å². The number of ether oxygens (including phenoxy) is 1. The molecule has 3 aromatic rings. The number of hydrogen-bond donors (Lipinski definition) is 0. The third kappa shape index (κ3) is 2.98. The van der Waals surface area contributed by atoms with Gasteiger partial charge in [0.15, 0.2) is 11.6 Å². The molecule has 0 amide bonds. The second kappa shape index (κ2) is 6.44. The Balaban J connectivity index is 1.74. The second-order valence-corrected chi connectivity index (χ2v) is 6.64. The molecule has 1 aromatic carbocycles. The summed E-state index contributed by atoms with van der Waals surface area (Å²) in [5.74, 6) is 1.46. The number of rotatable bonds is 4. The number of aromatic nitrogens is 4. The fraction of sp³-hybridized carbons (Fsp3) is 0.368. The summed E-state index contributed by atoms with van der Waals surface area (Å²) in [5, 5.41) is 0. The van der Waals surface area contributed by atoms with Crippen LogP contribution >= 0.6 is 0 Å². The molecule has 5 nitrogen and oxygen atoms in total. The fourth-order valence-electron chi connectivity index (χ4n) is 3.67. The van der Waals surface area contributed by atoms with Gasteiger partial charge in [0.05, 0.1) is 0 Å². The van der Waals surface area contributed by atoms with E-state index in [1.54, 1.807) is 24.5 Å². The molecule has 0 saturated carbocycles. The molecule has 0 atom stereocenters. The lowest BCUT2D eigenvalue weighted by atomic mass is 9.74.